The number of carbonyl (C=O) groups is 4. The van der Waals surface area contributed by atoms with Crippen molar-refractivity contribution < 1.29 is 23.9 Å². The number of carbonyl (C=O) groups excluding carboxylic acids is 4. The number of hydrazine groups is 1. The zero-order valence-electron chi connectivity index (χ0n) is 27.2. The third kappa shape index (κ3) is 7.09. The molecule has 4 aromatic rings. The Bertz CT molecular complexity index is 1990. The number of nitrogen functional groups attached to an aromatic ring is 2. The first-order valence-corrected chi connectivity index (χ1v) is 16.7. The Morgan fingerprint density at radius 2 is 1.92 bits per heavy atom. The van der Waals surface area contributed by atoms with Gasteiger partial charge in [-0.1, -0.05) is 72.4 Å². The summed E-state index contributed by atoms with van der Waals surface area (Å²) in [5.41, 5.74) is 15.6. The van der Waals surface area contributed by atoms with Crippen molar-refractivity contribution in [3.05, 3.63) is 96.1 Å². The number of nitrogens with one attached hydrogen (secondary N) is 1. The molecule has 2 aliphatic heterocycles. The maximum absolute atomic E-state index is 14.4. The van der Waals surface area contributed by atoms with E-state index in [0.29, 0.717) is 22.0 Å². The number of aromatic nitrogens is 1. The highest BCUT2D eigenvalue weighted by atomic mass is 32.1. The summed E-state index contributed by atoms with van der Waals surface area (Å²) >= 11 is 1.36. The summed E-state index contributed by atoms with van der Waals surface area (Å²) in [6.07, 6.45) is 6.32. The van der Waals surface area contributed by atoms with E-state index in [1.165, 1.54) is 27.3 Å². The maximum Gasteiger partial charge on any atom is 0.333 e. The number of nitrogens with zero attached hydrogens (tertiary/aromatic N) is 5. The Hall–Kier alpha value is -5.91. The Morgan fingerprint density at radius 3 is 2.66 bits per heavy atom. The summed E-state index contributed by atoms with van der Waals surface area (Å²) in [5.74, 6) is 1.96. The van der Waals surface area contributed by atoms with E-state index < -0.39 is 18.2 Å². The molecule has 14 heteroatoms. The van der Waals surface area contributed by atoms with E-state index in [1.807, 2.05) is 48.5 Å². The van der Waals surface area contributed by atoms with Crippen LogP contribution in [-0.2, 0) is 33.9 Å². The van der Waals surface area contributed by atoms with E-state index >= 15 is 0 Å². The third-order valence-electron chi connectivity index (χ3n) is 8.62. The number of nitrogens with two attached hydrogens (primary N) is 2. The SMILES string of the molecule is C#CCN(C(=O)NCc1ccccc1)N1CC(=O)N2[C@@H](Cc3ccc(OCC(=O)C=C)c(N)c3)C(=O)N(Cc3cccc4sc(N)nc34)C[C@@H]21. The predicted octanol–water partition coefficient (Wildman–Crippen LogP) is 2.78. The van der Waals surface area contributed by atoms with Gasteiger partial charge in [-0.3, -0.25) is 14.4 Å². The molecule has 0 bridgehead atoms. The Labute approximate surface area is 293 Å². The number of anilines is 2. The molecule has 0 spiro atoms. The molecule has 0 radical (unpaired) electrons. The fourth-order valence-corrected chi connectivity index (χ4v) is 7.05. The van der Waals surface area contributed by atoms with E-state index in [0.717, 1.165) is 15.8 Å². The number of ketones is 1. The lowest BCUT2D eigenvalue weighted by Crippen LogP contribution is -2.66. The standard InChI is InChI=1S/C36H36N8O5S/c1-3-15-42(36(48)39-18-23-9-6-5-7-10-23)43-21-32(46)44-28(17-24-13-14-29(27(37)16-24)49-22-26(45)4-2)34(47)41(20-31(43)44)19-25-11-8-12-30-33(25)40-35(38)50-30/h1,4-14,16,28,31H,2,15,17-22,37H2,(H2,38,40)(H,39,48)/t28-,31+/m0/s1. The minimum Gasteiger partial charge on any atom is -0.483 e. The minimum atomic E-state index is -0.931. The molecule has 3 aromatic carbocycles. The van der Waals surface area contributed by atoms with Crippen molar-refractivity contribution in [1.29, 1.82) is 0 Å². The molecule has 3 heterocycles. The Morgan fingerprint density at radius 1 is 1.12 bits per heavy atom. The molecule has 6 rings (SSSR count). The zero-order valence-corrected chi connectivity index (χ0v) is 28.0. The number of benzene rings is 3. The fraction of sp³-hybridized carbons (Fsp3) is 0.250. The first-order chi connectivity index (χ1) is 24.2. The molecule has 0 unspecified atom stereocenters. The number of fused-ring (bicyclic) bond motifs is 2. The maximum atomic E-state index is 14.4. The largest absolute Gasteiger partial charge is 0.483 e. The third-order valence-corrected chi connectivity index (χ3v) is 9.47. The van der Waals surface area contributed by atoms with Crippen molar-refractivity contribution in [3.63, 3.8) is 0 Å². The molecule has 4 amide bonds. The lowest BCUT2D eigenvalue weighted by molar-refractivity contribution is -0.157. The molecular formula is C36H36N8O5S. The first-order valence-electron chi connectivity index (χ1n) is 15.9. The van der Waals surface area contributed by atoms with Gasteiger partial charge in [-0.05, 0) is 41.0 Å². The highest BCUT2D eigenvalue weighted by molar-refractivity contribution is 7.22. The number of rotatable bonds is 12. The average Bonchev–Trinajstić information content (AvgIpc) is 3.66. The van der Waals surface area contributed by atoms with E-state index in [9.17, 15) is 19.2 Å². The van der Waals surface area contributed by atoms with Crippen LogP contribution in [0.2, 0.25) is 0 Å². The number of ether oxygens (including phenoxy) is 1. The number of hydrogen-bond donors (Lipinski definition) is 3. The van der Waals surface area contributed by atoms with Crippen LogP contribution in [0.25, 0.3) is 10.2 Å². The monoisotopic (exact) mass is 692 g/mol. The number of thiazole rings is 1. The summed E-state index contributed by atoms with van der Waals surface area (Å²) in [6, 6.07) is 18.8. The second-order valence-electron chi connectivity index (χ2n) is 11.9. The van der Waals surface area contributed by atoms with E-state index in [4.69, 9.17) is 22.6 Å². The number of terminal acetylenes is 1. The van der Waals surface area contributed by atoms with Gasteiger partial charge in [-0.25, -0.2) is 14.8 Å². The molecule has 0 saturated carbocycles. The van der Waals surface area contributed by atoms with Crippen LogP contribution in [0.3, 0.4) is 0 Å². The number of urea groups is 1. The number of piperazine rings is 1. The van der Waals surface area contributed by atoms with Crippen LogP contribution >= 0.6 is 11.3 Å². The van der Waals surface area contributed by atoms with Crippen LogP contribution in [0.5, 0.6) is 5.75 Å². The Balaban J connectivity index is 1.31. The van der Waals surface area contributed by atoms with Gasteiger partial charge in [0.15, 0.2) is 17.5 Å². The molecule has 5 N–H and O–H groups in total. The minimum absolute atomic E-state index is 0.0966. The molecule has 50 heavy (non-hydrogen) atoms. The average molecular weight is 693 g/mol. The van der Waals surface area contributed by atoms with Crippen molar-refractivity contribution >= 4 is 56.0 Å². The van der Waals surface area contributed by atoms with Gasteiger partial charge in [0, 0.05) is 19.5 Å². The quantitative estimate of drug-likeness (QED) is 0.115. The highest BCUT2D eigenvalue weighted by Crippen LogP contribution is 2.33. The van der Waals surface area contributed by atoms with Gasteiger partial charge in [-0.15, -0.1) is 6.42 Å². The van der Waals surface area contributed by atoms with Crippen LogP contribution in [0.15, 0.2) is 79.4 Å². The molecule has 2 fully saturated rings. The van der Waals surface area contributed by atoms with Crippen molar-refractivity contribution in [2.45, 2.75) is 31.7 Å². The lowest BCUT2D eigenvalue weighted by atomic mass is 9.99. The van der Waals surface area contributed by atoms with Crippen LogP contribution < -0.4 is 21.5 Å². The van der Waals surface area contributed by atoms with E-state index in [1.54, 1.807) is 28.1 Å². The summed E-state index contributed by atoms with van der Waals surface area (Å²) < 4.78 is 6.42. The normalized spacial score (nSPS) is 17.3. The molecule has 2 atom stereocenters. The van der Waals surface area contributed by atoms with Gasteiger partial charge in [0.25, 0.3) is 0 Å². The van der Waals surface area contributed by atoms with E-state index in [2.05, 4.69) is 22.8 Å². The van der Waals surface area contributed by atoms with Gasteiger partial charge < -0.3 is 31.3 Å². The van der Waals surface area contributed by atoms with Crippen LogP contribution in [0.1, 0.15) is 16.7 Å². The molecule has 0 aliphatic carbocycles. The smallest absolute Gasteiger partial charge is 0.333 e. The number of hydrogen-bond acceptors (Lipinski definition) is 10. The van der Waals surface area contributed by atoms with Crippen molar-refractivity contribution in [2.24, 2.45) is 0 Å². The van der Waals surface area contributed by atoms with E-state index in [-0.39, 0.29) is 69.0 Å². The first kappa shape index (κ1) is 34.0. The van der Waals surface area contributed by atoms with Gasteiger partial charge in [0.2, 0.25) is 11.8 Å². The predicted molar refractivity (Wildman–Crippen MR) is 190 cm³/mol. The molecular weight excluding hydrogens is 657 g/mol. The second kappa shape index (κ2) is 14.7. The summed E-state index contributed by atoms with van der Waals surface area (Å²) in [5, 5.41) is 6.31. The second-order valence-corrected chi connectivity index (χ2v) is 12.9. The van der Waals surface area contributed by atoms with Crippen LogP contribution in [-0.4, -0.2) is 86.9 Å². The van der Waals surface area contributed by atoms with Crippen LogP contribution in [0.4, 0.5) is 15.6 Å². The number of amides is 4. The molecule has 13 nitrogen and oxygen atoms in total. The topological polar surface area (TPSA) is 167 Å². The zero-order chi connectivity index (χ0) is 35.4. The molecule has 2 aliphatic rings. The summed E-state index contributed by atoms with van der Waals surface area (Å²) in [6.45, 7) is 3.54. The van der Waals surface area contributed by atoms with Gasteiger partial charge >= 0.3 is 6.03 Å². The fourth-order valence-electron chi connectivity index (χ4n) is 6.26. The summed E-state index contributed by atoms with van der Waals surface area (Å²) in [7, 11) is 0. The van der Waals surface area contributed by atoms with Crippen molar-refractivity contribution in [3.8, 4) is 18.1 Å². The Kier molecular flexibility index (Phi) is 9.98. The van der Waals surface area contributed by atoms with Crippen molar-refractivity contribution in [1.82, 2.24) is 30.1 Å². The van der Waals surface area contributed by atoms with Gasteiger partial charge in [0.1, 0.15) is 18.0 Å². The molecule has 256 valence electrons. The molecule has 2 saturated heterocycles. The van der Waals surface area contributed by atoms with Crippen molar-refractivity contribution in [2.75, 3.05) is 37.7 Å². The van der Waals surface area contributed by atoms with Gasteiger partial charge in [-0.2, -0.15) is 5.01 Å². The lowest BCUT2D eigenvalue weighted by Gasteiger charge is -2.46. The van der Waals surface area contributed by atoms with Crippen LogP contribution in [0, 0.1) is 12.3 Å². The molecule has 1 aromatic heterocycles. The number of para-hydroxylation sites is 1. The summed E-state index contributed by atoms with van der Waals surface area (Å²) in [4.78, 5) is 61.2. The highest BCUT2D eigenvalue weighted by Gasteiger charge is 2.52. The van der Waals surface area contributed by atoms with Gasteiger partial charge in [0.05, 0.1) is 35.5 Å².